The van der Waals surface area contributed by atoms with Gasteiger partial charge >= 0.3 is 6.18 Å². The molecule has 1 rings (SSSR count). The van der Waals surface area contributed by atoms with Crippen LogP contribution in [-0.4, -0.2) is 12.8 Å². The molecule has 0 fully saturated rings. The van der Waals surface area contributed by atoms with Crippen LogP contribution < -0.4 is 10.5 Å². The summed E-state index contributed by atoms with van der Waals surface area (Å²) < 4.78 is 53.3. The van der Waals surface area contributed by atoms with Gasteiger partial charge in [-0.2, -0.15) is 13.2 Å². The second-order valence-corrected chi connectivity index (χ2v) is 3.61. The number of benzene rings is 1. The molecule has 0 aliphatic heterocycles. The minimum atomic E-state index is -4.48. The first-order valence-corrected chi connectivity index (χ1v) is 5.08. The van der Waals surface area contributed by atoms with Gasteiger partial charge in [0.2, 0.25) is 0 Å². The molecule has 2 N–H and O–H groups in total. The minimum Gasteiger partial charge on any atom is -0.481 e. The molecule has 2 nitrogen and oxygen atoms in total. The van der Waals surface area contributed by atoms with Crippen LogP contribution in [0, 0.1) is 5.82 Å². The number of nitrogens with two attached hydrogens (primary N) is 1. The van der Waals surface area contributed by atoms with E-state index in [1.807, 2.05) is 6.92 Å². The molecule has 0 aliphatic rings. The van der Waals surface area contributed by atoms with Gasteiger partial charge in [-0.3, -0.25) is 0 Å². The molecule has 0 spiro atoms. The molecule has 1 aromatic rings. The lowest BCUT2D eigenvalue weighted by Gasteiger charge is -2.13. The molecule has 18 heavy (non-hydrogen) atoms. The third-order valence-electron chi connectivity index (χ3n) is 2.22. The summed E-state index contributed by atoms with van der Waals surface area (Å²) in [6.07, 6.45) is -3.87. The van der Waals surface area contributed by atoms with E-state index in [1.54, 1.807) is 0 Å². The standard InChI is InChI=1S/C11H13F4NO.ClH/c1-2-9(16)7-3-4-10(8(12)5-7)17-6-11(13,14)15;/h3-5,9H,2,6,16H2,1H3;1H. The Kier molecular flexibility index (Phi) is 6.42. The summed E-state index contributed by atoms with van der Waals surface area (Å²) in [5.41, 5.74) is 6.20. The molecule has 0 aliphatic carbocycles. The number of hydrogen-bond acceptors (Lipinski definition) is 2. The number of halogens is 5. The zero-order chi connectivity index (χ0) is 13.1. The predicted octanol–water partition coefficient (Wildman–Crippen LogP) is 3.60. The SMILES string of the molecule is CCC(N)c1ccc(OCC(F)(F)F)c(F)c1.Cl. The van der Waals surface area contributed by atoms with Gasteiger partial charge in [0.1, 0.15) is 0 Å². The lowest BCUT2D eigenvalue weighted by atomic mass is 10.1. The van der Waals surface area contributed by atoms with Gasteiger partial charge in [-0.1, -0.05) is 13.0 Å². The highest BCUT2D eigenvalue weighted by Gasteiger charge is 2.28. The Morgan fingerprint density at radius 1 is 1.33 bits per heavy atom. The Labute approximate surface area is 109 Å². The summed E-state index contributed by atoms with van der Waals surface area (Å²) in [5.74, 6) is -1.26. The van der Waals surface area contributed by atoms with Gasteiger partial charge < -0.3 is 10.5 Å². The molecular formula is C11H14ClF4NO. The fraction of sp³-hybridized carbons (Fsp3) is 0.455. The maximum atomic E-state index is 13.4. The second kappa shape index (κ2) is 6.80. The first-order valence-electron chi connectivity index (χ1n) is 5.08. The molecule has 1 aromatic carbocycles. The van der Waals surface area contributed by atoms with Crippen molar-refractivity contribution < 1.29 is 22.3 Å². The summed E-state index contributed by atoms with van der Waals surface area (Å²) in [7, 11) is 0. The normalized spacial score (nSPS) is 12.8. The van der Waals surface area contributed by atoms with Gasteiger partial charge in [0, 0.05) is 6.04 Å². The minimum absolute atomic E-state index is 0. The molecule has 0 bridgehead atoms. The number of ether oxygens (including phenoxy) is 1. The Bertz CT molecular complexity index is 384. The lowest BCUT2D eigenvalue weighted by molar-refractivity contribution is -0.153. The molecule has 1 unspecified atom stereocenters. The van der Waals surface area contributed by atoms with Crippen molar-refractivity contribution in [3.05, 3.63) is 29.6 Å². The van der Waals surface area contributed by atoms with E-state index in [1.165, 1.54) is 6.07 Å². The maximum absolute atomic E-state index is 13.4. The van der Waals surface area contributed by atoms with Crippen molar-refractivity contribution in [2.24, 2.45) is 5.73 Å². The summed E-state index contributed by atoms with van der Waals surface area (Å²) in [6, 6.07) is 3.38. The first-order chi connectivity index (χ1) is 7.83. The van der Waals surface area contributed by atoms with Gasteiger partial charge in [-0.25, -0.2) is 4.39 Å². The predicted molar refractivity (Wildman–Crippen MR) is 62.4 cm³/mol. The molecule has 1 atom stereocenters. The van der Waals surface area contributed by atoms with Crippen molar-refractivity contribution in [2.45, 2.75) is 25.6 Å². The van der Waals surface area contributed by atoms with E-state index in [4.69, 9.17) is 5.73 Å². The average Bonchev–Trinajstić information content (AvgIpc) is 2.25. The Balaban J connectivity index is 0.00000289. The number of hydrogen-bond donors (Lipinski definition) is 1. The van der Waals surface area contributed by atoms with Crippen LogP contribution in [0.4, 0.5) is 17.6 Å². The molecular weight excluding hydrogens is 274 g/mol. The lowest BCUT2D eigenvalue weighted by Crippen LogP contribution is -2.19. The summed E-state index contributed by atoms with van der Waals surface area (Å²) in [6.45, 7) is 0.319. The number of rotatable bonds is 4. The molecule has 104 valence electrons. The average molecular weight is 288 g/mol. The third kappa shape index (κ3) is 5.10. The highest BCUT2D eigenvalue weighted by molar-refractivity contribution is 5.85. The summed E-state index contributed by atoms with van der Waals surface area (Å²) in [4.78, 5) is 0. The molecule has 0 aromatic heterocycles. The van der Waals surface area contributed by atoms with Crippen LogP contribution in [0.5, 0.6) is 5.75 Å². The van der Waals surface area contributed by atoms with E-state index in [0.717, 1.165) is 12.1 Å². The highest BCUT2D eigenvalue weighted by atomic mass is 35.5. The van der Waals surface area contributed by atoms with Crippen LogP contribution in [0.25, 0.3) is 0 Å². The zero-order valence-electron chi connectivity index (χ0n) is 9.63. The van der Waals surface area contributed by atoms with Crippen LogP contribution >= 0.6 is 12.4 Å². The van der Waals surface area contributed by atoms with E-state index in [0.29, 0.717) is 12.0 Å². The van der Waals surface area contributed by atoms with Crippen molar-refractivity contribution in [3.8, 4) is 5.75 Å². The van der Waals surface area contributed by atoms with Crippen molar-refractivity contribution in [1.29, 1.82) is 0 Å². The van der Waals surface area contributed by atoms with Crippen LogP contribution in [0.2, 0.25) is 0 Å². The Morgan fingerprint density at radius 2 is 1.94 bits per heavy atom. The molecule has 0 saturated carbocycles. The summed E-state index contributed by atoms with van der Waals surface area (Å²) >= 11 is 0. The topological polar surface area (TPSA) is 35.2 Å². The Hall–Kier alpha value is -1.01. The van der Waals surface area contributed by atoms with E-state index in [9.17, 15) is 17.6 Å². The summed E-state index contributed by atoms with van der Waals surface area (Å²) in [5, 5.41) is 0. The van der Waals surface area contributed by atoms with Gasteiger partial charge in [0.05, 0.1) is 0 Å². The van der Waals surface area contributed by atoms with Crippen LogP contribution in [-0.2, 0) is 0 Å². The maximum Gasteiger partial charge on any atom is 0.422 e. The monoisotopic (exact) mass is 287 g/mol. The molecule has 7 heteroatoms. The largest absolute Gasteiger partial charge is 0.481 e. The van der Waals surface area contributed by atoms with Crippen molar-refractivity contribution >= 4 is 12.4 Å². The first kappa shape index (κ1) is 17.0. The molecule has 0 radical (unpaired) electrons. The zero-order valence-corrected chi connectivity index (χ0v) is 10.4. The van der Waals surface area contributed by atoms with E-state index < -0.39 is 24.3 Å². The fourth-order valence-corrected chi connectivity index (χ4v) is 1.26. The van der Waals surface area contributed by atoms with E-state index in [2.05, 4.69) is 4.74 Å². The van der Waals surface area contributed by atoms with Crippen molar-refractivity contribution in [2.75, 3.05) is 6.61 Å². The van der Waals surface area contributed by atoms with E-state index >= 15 is 0 Å². The molecule has 0 amide bonds. The second-order valence-electron chi connectivity index (χ2n) is 3.61. The van der Waals surface area contributed by atoms with Crippen LogP contribution in [0.3, 0.4) is 0 Å². The number of alkyl halides is 3. The van der Waals surface area contributed by atoms with Crippen molar-refractivity contribution in [3.63, 3.8) is 0 Å². The third-order valence-corrected chi connectivity index (χ3v) is 2.22. The van der Waals surface area contributed by atoms with Gasteiger partial charge in [0.15, 0.2) is 18.2 Å². The van der Waals surface area contributed by atoms with Crippen molar-refractivity contribution in [1.82, 2.24) is 0 Å². The van der Waals surface area contributed by atoms with Crippen LogP contribution in [0.15, 0.2) is 18.2 Å². The quantitative estimate of drug-likeness (QED) is 0.859. The highest BCUT2D eigenvalue weighted by Crippen LogP contribution is 2.24. The Morgan fingerprint density at radius 3 is 2.39 bits per heavy atom. The van der Waals surface area contributed by atoms with Crippen LogP contribution in [0.1, 0.15) is 24.9 Å². The fourth-order valence-electron chi connectivity index (χ4n) is 1.26. The molecule has 0 saturated heterocycles. The van der Waals surface area contributed by atoms with E-state index in [-0.39, 0.29) is 18.4 Å². The molecule has 0 heterocycles. The van der Waals surface area contributed by atoms with Gasteiger partial charge in [-0.15, -0.1) is 12.4 Å². The van der Waals surface area contributed by atoms with Gasteiger partial charge in [0.25, 0.3) is 0 Å². The van der Waals surface area contributed by atoms with Gasteiger partial charge in [-0.05, 0) is 24.1 Å². The smallest absolute Gasteiger partial charge is 0.422 e.